The van der Waals surface area contributed by atoms with Crippen molar-refractivity contribution in [2.24, 2.45) is 0 Å². The minimum absolute atomic E-state index is 0.129. The molecule has 0 saturated heterocycles. The van der Waals surface area contributed by atoms with Gasteiger partial charge in [-0.2, -0.15) is 0 Å². The van der Waals surface area contributed by atoms with E-state index in [1.807, 2.05) is 31.4 Å². The van der Waals surface area contributed by atoms with Gasteiger partial charge < -0.3 is 5.32 Å². The molecule has 0 aliphatic rings. The SMILES string of the molecule is CC(C)(CNC(=O)Cc1csc(-c2ccc(Cl)s2)n1)c1ccccc1F. The monoisotopic (exact) mass is 408 g/mol. The van der Waals surface area contributed by atoms with Gasteiger partial charge in [-0.15, -0.1) is 22.7 Å². The summed E-state index contributed by atoms with van der Waals surface area (Å²) in [6.07, 6.45) is 0.197. The third-order valence-electron chi connectivity index (χ3n) is 4.01. The van der Waals surface area contributed by atoms with E-state index in [-0.39, 0.29) is 18.1 Å². The summed E-state index contributed by atoms with van der Waals surface area (Å²) in [7, 11) is 0. The van der Waals surface area contributed by atoms with Gasteiger partial charge in [0.2, 0.25) is 5.91 Å². The fourth-order valence-electron chi connectivity index (χ4n) is 2.58. The van der Waals surface area contributed by atoms with Crippen LogP contribution in [0.3, 0.4) is 0 Å². The van der Waals surface area contributed by atoms with Gasteiger partial charge in [0, 0.05) is 17.3 Å². The second-order valence-electron chi connectivity index (χ2n) is 6.56. The van der Waals surface area contributed by atoms with Crippen molar-refractivity contribution in [3.8, 4) is 9.88 Å². The first-order chi connectivity index (χ1) is 12.3. The Bertz CT molecular complexity index is 920. The van der Waals surface area contributed by atoms with Gasteiger partial charge in [0.1, 0.15) is 10.8 Å². The van der Waals surface area contributed by atoms with Crippen LogP contribution in [0.5, 0.6) is 0 Å². The Morgan fingerprint density at radius 1 is 1.27 bits per heavy atom. The van der Waals surface area contributed by atoms with E-state index in [4.69, 9.17) is 11.6 Å². The van der Waals surface area contributed by atoms with E-state index in [0.717, 1.165) is 15.6 Å². The van der Waals surface area contributed by atoms with Crippen LogP contribution in [0.15, 0.2) is 41.8 Å². The number of thiazole rings is 1. The van der Waals surface area contributed by atoms with Crippen LogP contribution >= 0.6 is 34.3 Å². The van der Waals surface area contributed by atoms with E-state index >= 15 is 0 Å². The zero-order chi connectivity index (χ0) is 18.7. The molecule has 3 rings (SSSR count). The smallest absolute Gasteiger partial charge is 0.226 e. The molecule has 0 bridgehead atoms. The minimum atomic E-state index is -0.498. The molecule has 0 unspecified atom stereocenters. The summed E-state index contributed by atoms with van der Waals surface area (Å²) in [5.41, 5.74) is 0.809. The van der Waals surface area contributed by atoms with Crippen LogP contribution in [0.1, 0.15) is 25.1 Å². The van der Waals surface area contributed by atoms with Crippen LogP contribution in [0.4, 0.5) is 4.39 Å². The Morgan fingerprint density at radius 3 is 2.73 bits per heavy atom. The summed E-state index contributed by atoms with van der Waals surface area (Å²) in [5, 5.41) is 5.63. The van der Waals surface area contributed by atoms with Crippen molar-refractivity contribution in [2.45, 2.75) is 25.7 Å². The number of hydrogen-bond donors (Lipinski definition) is 1. The van der Waals surface area contributed by atoms with Gasteiger partial charge >= 0.3 is 0 Å². The normalized spacial score (nSPS) is 11.5. The predicted octanol–water partition coefficient (Wildman–Crippen LogP) is 5.30. The summed E-state index contributed by atoms with van der Waals surface area (Å²) >= 11 is 8.91. The molecular weight excluding hydrogens is 391 g/mol. The van der Waals surface area contributed by atoms with E-state index in [0.29, 0.717) is 16.4 Å². The summed E-state index contributed by atoms with van der Waals surface area (Å²) in [6.45, 7) is 4.17. The number of nitrogens with zero attached hydrogens (tertiary/aromatic N) is 1. The van der Waals surface area contributed by atoms with Gasteiger partial charge in [0.25, 0.3) is 0 Å². The van der Waals surface area contributed by atoms with Gasteiger partial charge in [0.05, 0.1) is 21.3 Å². The number of hydrogen-bond acceptors (Lipinski definition) is 4. The van der Waals surface area contributed by atoms with Crippen molar-refractivity contribution in [1.82, 2.24) is 10.3 Å². The summed E-state index contributed by atoms with van der Waals surface area (Å²) in [4.78, 5) is 17.8. The molecule has 0 saturated carbocycles. The highest BCUT2D eigenvalue weighted by Gasteiger charge is 2.24. The van der Waals surface area contributed by atoms with E-state index in [9.17, 15) is 9.18 Å². The molecule has 2 heterocycles. The Balaban J connectivity index is 1.59. The quantitative estimate of drug-likeness (QED) is 0.601. The Hall–Kier alpha value is -1.76. The average Bonchev–Trinajstić information content (AvgIpc) is 3.22. The summed E-state index contributed by atoms with van der Waals surface area (Å²) in [6, 6.07) is 10.4. The summed E-state index contributed by atoms with van der Waals surface area (Å²) < 4.78 is 14.7. The fourth-order valence-corrected chi connectivity index (χ4v) is 4.52. The molecule has 136 valence electrons. The van der Waals surface area contributed by atoms with Crippen molar-refractivity contribution in [3.63, 3.8) is 0 Å². The third kappa shape index (κ3) is 4.50. The number of benzene rings is 1. The Morgan fingerprint density at radius 2 is 2.04 bits per heavy atom. The topological polar surface area (TPSA) is 42.0 Å². The van der Waals surface area contributed by atoms with Crippen LogP contribution in [0, 0.1) is 5.82 Å². The zero-order valence-corrected chi connectivity index (χ0v) is 16.8. The van der Waals surface area contributed by atoms with Crippen LogP contribution < -0.4 is 5.32 Å². The lowest BCUT2D eigenvalue weighted by atomic mass is 9.84. The van der Waals surface area contributed by atoms with Crippen molar-refractivity contribution < 1.29 is 9.18 Å². The molecule has 0 aliphatic heterocycles. The first kappa shape index (κ1) is 19.0. The number of thiophene rings is 1. The standard InChI is InChI=1S/C19H18ClFN2OS2/c1-19(2,13-5-3-4-6-14(13)21)11-22-17(24)9-12-10-25-18(23-12)15-7-8-16(20)26-15/h3-8,10H,9,11H2,1-2H3,(H,22,24). The van der Waals surface area contributed by atoms with E-state index in [2.05, 4.69) is 10.3 Å². The van der Waals surface area contributed by atoms with Gasteiger partial charge in [-0.25, -0.2) is 9.37 Å². The number of carbonyl (C=O) groups excluding carboxylic acids is 1. The largest absolute Gasteiger partial charge is 0.355 e. The maximum absolute atomic E-state index is 14.0. The second-order valence-corrected chi connectivity index (χ2v) is 9.14. The highest BCUT2D eigenvalue weighted by Crippen LogP contribution is 2.33. The van der Waals surface area contributed by atoms with E-state index in [1.165, 1.54) is 28.7 Å². The number of aromatic nitrogens is 1. The molecule has 7 heteroatoms. The lowest BCUT2D eigenvalue weighted by molar-refractivity contribution is -0.120. The van der Waals surface area contributed by atoms with Gasteiger partial charge in [-0.05, 0) is 23.8 Å². The molecule has 0 radical (unpaired) electrons. The molecule has 2 aromatic heterocycles. The molecule has 0 aliphatic carbocycles. The molecule has 1 N–H and O–H groups in total. The van der Waals surface area contributed by atoms with Gasteiger partial charge in [-0.3, -0.25) is 4.79 Å². The number of halogens is 2. The van der Waals surface area contributed by atoms with Crippen LogP contribution in [0.25, 0.3) is 9.88 Å². The lowest BCUT2D eigenvalue weighted by Crippen LogP contribution is -2.38. The summed E-state index contributed by atoms with van der Waals surface area (Å²) in [5.74, 6) is -0.388. The number of nitrogens with one attached hydrogen (secondary N) is 1. The van der Waals surface area contributed by atoms with Crippen molar-refractivity contribution in [1.29, 1.82) is 0 Å². The van der Waals surface area contributed by atoms with Crippen molar-refractivity contribution in [3.05, 3.63) is 63.2 Å². The molecule has 1 aromatic carbocycles. The van der Waals surface area contributed by atoms with Crippen molar-refractivity contribution >= 4 is 40.2 Å². The predicted molar refractivity (Wildman–Crippen MR) is 107 cm³/mol. The molecule has 0 fully saturated rings. The van der Waals surface area contributed by atoms with Gasteiger partial charge in [-0.1, -0.05) is 43.6 Å². The maximum atomic E-state index is 14.0. The van der Waals surface area contributed by atoms with Crippen LogP contribution in [-0.2, 0) is 16.6 Å². The van der Waals surface area contributed by atoms with Crippen molar-refractivity contribution in [2.75, 3.05) is 6.54 Å². The van der Waals surface area contributed by atoms with E-state index < -0.39 is 5.41 Å². The van der Waals surface area contributed by atoms with Crippen LogP contribution in [0.2, 0.25) is 4.34 Å². The number of carbonyl (C=O) groups is 1. The first-order valence-electron chi connectivity index (χ1n) is 8.07. The molecule has 26 heavy (non-hydrogen) atoms. The molecule has 3 aromatic rings. The first-order valence-corrected chi connectivity index (χ1v) is 10.1. The molecule has 0 spiro atoms. The Kier molecular flexibility index (Phi) is 5.75. The number of amides is 1. The highest BCUT2D eigenvalue weighted by molar-refractivity contribution is 7.23. The molecule has 0 atom stereocenters. The maximum Gasteiger partial charge on any atom is 0.226 e. The zero-order valence-electron chi connectivity index (χ0n) is 14.4. The minimum Gasteiger partial charge on any atom is -0.355 e. The Labute approximate surface area is 164 Å². The molecule has 1 amide bonds. The molecule has 3 nitrogen and oxygen atoms in total. The van der Waals surface area contributed by atoms with E-state index in [1.54, 1.807) is 18.2 Å². The fraction of sp³-hybridized carbons (Fsp3) is 0.263. The molecular formula is C19H18ClFN2OS2. The van der Waals surface area contributed by atoms with Crippen LogP contribution in [-0.4, -0.2) is 17.4 Å². The number of rotatable bonds is 6. The second kappa shape index (κ2) is 7.86. The average molecular weight is 409 g/mol. The highest BCUT2D eigenvalue weighted by atomic mass is 35.5. The van der Waals surface area contributed by atoms with Gasteiger partial charge in [0.15, 0.2) is 0 Å². The lowest BCUT2D eigenvalue weighted by Gasteiger charge is -2.26. The third-order valence-corrected chi connectivity index (χ3v) is 6.30.